The maximum absolute atomic E-state index is 11.2. The van der Waals surface area contributed by atoms with E-state index >= 15 is 0 Å². The van der Waals surface area contributed by atoms with Crippen LogP contribution in [0, 0.1) is 37.7 Å². The fraction of sp³-hybridized carbons (Fsp3) is 0.222. The van der Waals surface area contributed by atoms with E-state index in [1.54, 1.807) is 18.2 Å². The van der Waals surface area contributed by atoms with Crippen molar-refractivity contribution in [1.29, 1.82) is 0 Å². The predicted octanol–water partition coefficient (Wildman–Crippen LogP) is 2.78. The Hall–Kier alpha value is -2.67. The summed E-state index contributed by atoms with van der Waals surface area (Å²) < 4.78 is 0. The number of carbonyl (C=O) groups excluding carboxylic acids is 3. The number of carbonyl (C=O) groups is 3. The van der Waals surface area contributed by atoms with Crippen molar-refractivity contribution in [2.24, 2.45) is 0 Å². The van der Waals surface area contributed by atoms with E-state index in [9.17, 15) is 14.4 Å². The number of dihydropyridines is 3. The van der Waals surface area contributed by atoms with Crippen molar-refractivity contribution in [2.75, 3.05) is 0 Å². The largest absolute Gasteiger partial charge is 0.378 e. The number of hydrogen-bond acceptors (Lipinski definition) is 6. The number of hydrogen-bond donors (Lipinski definition) is 3. The van der Waals surface area contributed by atoms with E-state index in [1.165, 1.54) is 16.7 Å². The van der Waals surface area contributed by atoms with E-state index < -0.39 is 0 Å². The second kappa shape index (κ2) is 12.7. The molecule has 1 radical (unpaired) electrons. The van der Waals surface area contributed by atoms with Gasteiger partial charge in [-0.2, -0.15) is 0 Å². The van der Waals surface area contributed by atoms with Crippen molar-refractivity contribution < 1.29 is 52.1 Å². The summed E-state index contributed by atoms with van der Waals surface area (Å²) in [7, 11) is 0. The molecule has 0 aromatic heterocycles. The van der Waals surface area contributed by atoms with Gasteiger partial charge in [-0.15, -0.1) is 0 Å². The molecule has 3 aliphatic heterocycles. The summed E-state index contributed by atoms with van der Waals surface area (Å²) >= 11 is 0. The van der Waals surface area contributed by atoms with Gasteiger partial charge in [0.05, 0.1) is 0 Å². The minimum atomic E-state index is -0.0787. The molecule has 3 N–H and O–H groups in total. The molecular weight excluding hydrogens is 579 g/mol. The Bertz CT molecular complexity index is 964. The molecule has 6 nitrogen and oxygen atoms in total. The SMILES string of the molecule is O=C1C=CCC2=CC=CNC12.O=C1C=CCC2=CC=CNC12.O=C1C=CCC2=CC=CNC12.[Ho]. The van der Waals surface area contributed by atoms with Crippen LogP contribution >= 0.6 is 0 Å². The number of allylic oxidation sites excluding steroid dienone is 9. The van der Waals surface area contributed by atoms with Crippen LogP contribution in [0.15, 0.2) is 108 Å². The zero-order chi connectivity index (χ0) is 23.0. The average molecular weight is 606 g/mol. The Morgan fingerprint density at radius 1 is 0.529 bits per heavy atom. The van der Waals surface area contributed by atoms with Crippen LogP contribution < -0.4 is 16.0 Å². The molecule has 3 unspecified atom stereocenters. The van der Waals surface area contributed by atoms with Crippen molar-refractivity contribution in [1.82, 2.24) is 16.0 Å². The first-order valence-corrected chi connectivity index (χ1v) is 11.1. The summed E-state index contributed by atoms with van der Waals surface area (Å²) in [6.07, 6.45) is 30.6. The Balaban J connectivity index is 0.000000141. The number of rotatable bonds is 0. The Labute approximate surface area is 229 Å². The van der Waals surface area contributed by atoms with Crippen molar-refractivity contribution in [2.45, 2.75) is 37.4 Å². The molecule has 6 aliphatic rings. The number of nitrogens with one attached hydrogen (secondary N) is 3. The molecule has 0 saturated carbocycles. The third-order valence-electron chi connectivity index (χ3n) is 5.88. The van der Waals surface area contributed by atoms with Crippen molar-refractivity contribution >= 4 is 17.3 Å². The van der Waals surface area contributed by atoms with Gasteiger partial charge in [0.15, 0.2) is 17.3 Å². The summed E-state index contributed by atoms with van der Waals surface area (Å²) in [5, 5.41) is 9.06. The van der Waals surface area contributed by atoms with Crippen LogP contribution in [0.3, 0.4) is 0 Å². The van der Waals surface area contributed by atoms with Gasteiger partial charge in [-0.05, 0) is 91.0 Å². The fourth-order valence-electron chi connectivity index (χ4n) is 4.15. The van der Waals surface area contributed by atoms with Gasteiger partial charge in [-0.3, -0.25) is 14.4 Å². The number of fused-ring (bicyclic) bond motifs is 3. The van der Waals surface area contributed by atoms with Gasteiger partial charge in [-0.25, -0.2) is 0 Å². The third kappa shape index (κ3) is 6.47. The van der Waals surface area contributed by atoms with Crippen LogP contribution in [0.1, 0.15) is 19.3 Å². The molecule has 0 saturated heterocycles. The first kappa shape index (κ1) is 25.9. The van der Waals surface area contributed by atoms with Gasteiger partial charge >= 0.3 is 0 Å². The molecule has 0 aromatic rings. The van der Waals surface area contributed by atoms with Gasteiger partial charge in [-0.1, -0.05) is 36.5 Å². The zero-order valence-electron chi connectivity index (χ0n) is 18.5. The first-order valence-electron chi connectivity index (χ1n) is 11.1. The molecule has 7 heteroatoms. The van der Waals surface area contributed by atoms with Crippen LogP contribution in [0.25, 0.3) is 0 Å². The Morgan fingerprint density at radius 2 is 0.824 bits per heavy atom. The molecule has 0 amide bonds. The summed E-state index contributed by atoms with van der Waals surface area (Å²) in [5.74, 6) is 0.477. The molecule has 3 heterocycles. The molecule has 0 fully saturated rings. The van der Waals surface area contributed by atoms with Gasteiger partial charge in [0.25, 0.3) is 0 Å². The maximum Gasteiger partial charge on any atom is 0.181 e. The first-order chi connectivity index (χ1) is 16.1. The van der Waals surface area contributed by atoms with E-state index in [0.29, 0.717) is 0 Å². The van der Waals surface area contributed by atoms with Gasteiger partial charge in [0, 0.05) is 37.7 Å². The summed E-state index contributed by atoms with van der Waals surface area (Å²) in [4.78, 5) is 33.6. The maximum atomic E-state index is 11.2. The van der Waals surface area contributed by atoms with Gasteiger partial charge in [0.2, 0.25) is 0 Å². The molecule has 6 rings (SSSR count). The molecular formula is C27H27HoN3O3. The Kier molecular flexibility index (Phi) is 9.69. The summed E-state index contributed by atoms with van der Waals surface area (Å²) in [6.45, 7) is 0. The van der Waals surface area contributed by atoms with Crippen molar-refractivity contribution in [3.05, 3.63) is 108 Å². The summed E-state index contributed by atoms with van der Waals surface area (Å²) in [6, 6.07) is -0.236. The topological polar surface area (TPSA) is 87.3 Å². The fourth-order valence-corrected chi connectivity index (χ4v) is 4.15. The molecule has 3 atom stereocenters. The van der Waals surface area contributed by atoms with E-state index in [0.717, 1.165) is 19.3 Å². The second-order valence-corrected chi connectivity index (χ2v) is 8.13. The van der Waals surface area contributed by atoms with Crippen LogP contribution in [0.5, 0.6) is 0 Å². The molecule has 3 aliphatic carbocycles. The van der Waals surface area contributed by atoms with E-state index in [1.807, 2.05) is 73.3 Å². The quantitative estimate of drug-likeness (QED) is 0.368. The predicted molar refractivity (Wildman–Crippen MR) is 129 cm³/mol. The van der Waals surface area contributed by atoms with E-state index in [2.05, 4.69) is 16.0 Å². The minimum absolute atomic E-state index is 0. The van der Waals surface area contributed by atoms with Crippen molar-refractivity contribution in [3.8, 4) is 0 Å². The van der Waals surface area contributed by atoms with Gasteiger partial charge < -0.3 is 16.0 Å². The average Bonchev–Trinajstić information content (AvgIpc) is 2.86. The number of ketones is 3. The van der Waals surface area contributed by atoms with Crippen LogP contribution in [0.4, 0.5) is 0 Å². The monoisotopic (exact) mass is 606 g/mol. The van der Waals surface area contributed by atoms with Crippen LogP contribution in [-0.4, -0.2) is 35.5 Å². The molecule has 0 bridgehead atoms. The van der Waals surface area contributed by atoms with Crippen molar-refractivity contribution in [3.63, 3.8) is 0 Å². The standard InChI is InChI=1S/3C9H9NO.Ho/c3*11-8-5-1-3-7-4-2-6-10-9(7)8;/h3*1-2,4-6,9-10H,3H2;. The van der Waals surface area contributed by atoms with Crippen LogP contribution in [-0.2, 0) is 14.4 Å². The minimum Gasteiger partial charge on any atom is -0.378 e. The molecule has 0 aromatic carbocycles. The third-order valence-corrected chi connectivity index (χ3v) is 5.88. The van der Waals surface area contributed by atoms with Crippen LogP contribution in [0.2, 0.25) is 0 Å². The Morgan fingerprint density at radius 3 is 1.09 bits per heavy atom. The van der Waals surface area contributed by atoms with E-state index in [-0.39, 0.29) is 73.2 Å². The van der Waals surface area contributed by atoms with E-state index in [4.69, 9.17) is 0 Å². The molecule has 34 heavy (non-hydrogen) atoms. The molecule has 179 valence electrons. The normalized spacial score (nSPS) is 26.6. The van der Waals surface area contributed by atoms with Gasteiger partial charge in [0.1, 0.15) is 18.1 Å². The molecule has 0 spiro atoms. The summed E-state index contributed by atoms with van der Waals surface area (Å²) in [5.41, 5.74) is 3.50. The smallest absolute Gasteiger partial charge is 0.181 e. The zero-order valence-corrected chi connectivity index (χ0v) is 20.5. The second-order valence-electron chi connectivity index (χ2n) is 8.13.